The second kappa shape index (κ2) is 7.69. The molecule has 3 aromatic carbocycles. The van der Waals surface area contributed by atoms with Gasteiger partial charge in [-0.25, -0.2) is 0 Å². The van der Waals surface area contributed by atoms with E-state index in [0.717, 1.165) is 12.1 Å². The summed E-state index contributed by atoms with van der Waals surface area (Å²) in [5, 5.41) is 6.69. The van der Waals surface area contributed by atoms with E-state index in [2.05, 4.69) is 101 Å². The van der Waals surface area contributed by atoms with Crippen LogP contribution in [-0.4, -0.2) is 18.3 Å². The summed E-state index contributed by atoms with van der Waals surface area (Å²) in [5.74, 6) is 7.52. The molecule has 0 amide bonds. The molecule has 0 unspecified atom stereocenters. The third kappa shape index (κ3) is 4.00. The number of pyridine rings is 1. The van der Waals surface area contributed by atoms with Gasteiger partial charge >= 0.3 is 188 Å². The summed E-state index contributed by atoms with van der Waals surface area (Å²) in [4.78, 5) is 4.97. The molecule has 1 aliphatic rings. The molecule has 4 aromatic rings. The van der Waals surface area contributed by atoms with Crippen LogP contribution in [0.5, 0.6) is 0 Å². The van der Waals surface area contributed by atoms with Crippen molar-refractivity contribution in [2.45, 2.75) is 75.9 Å². The first kappa shape index (κ1) is 23.6. The number of hydrogen-bond donors (Lipinski definition) is 0. The maximum absolute atomic E-state index is 4.97. The van der Waals surface area contributed by atoms with E-state index in [1.54, 1.807) is 0 Å². The molecule has 0 saturated carbocycles. The minimum atomic E-state index is -1.68. The van der Waals surface area contributed by atoms with Gasteiger partial charge in [0.1, 0.15) is 0 Å². The van der Waals surface area contributed by atoms with E-state index >= 15 is 0 Å². The molecular weight excluding hydrogens is 471 g/mol. The number of aromatic nitrogens is 1. The first-order valence-electron chi connectivity index (χ1n) is 12.7. The average molecular weight is 510 g/mol. The molecule has 0 spiro atoms. The predicted molar refractivity (Wildman–Crippen MR) is 152 cm³/mol. The van der Waals surface area contributed by atoms with Crippen LogP contribution in [0.15, 0.2) is 48.7 Å². The van der Waals surface area contributed by atoms with Crippen molar-refractivity contribution in [2.75, 3.05) is 0 Å². The zero-order valence-corrected chi connectivity index (χ0v) is 24.6. The van der Waals surface area contributed by atoms with E-state index in [-0.39, 0.29) is 10.8 Å². The van der Waals surface area contributed by atoms with Gasteiger partial charge in [0.25, 0.3) is 0 Å². The number of benzene rings is 3. The van der Waals surface area contributed by atoms with Crippen LogP contribution in [0.1, 0.15) is 62.4 Å². The van der Waals surface area contributed by atoms with E-state index in [9.17, 15) is 0 Å². The summed E-state index contributed by atoms with van der Waals surface area (Å²) in [5.41, 5.74) is 9.90. The second-order valence-corrected chi connectivity index (χ2v) is 25.0. The van der Waals surface area contributed by atoms with Crippen LogP contribution in [-0.2, 0) is 17.1 Å². The van der Waals surface area contributed by atoms with Gasteiger partial charge in [-0.3, -0.25) is 0 Å². The van der Waals surface area contributed by atoms with Gasteiger partial charge in [0.2, 0.25) is 0 Å². The Bertz CT molecular complexity index is 1440. The molecular formula is C32H39GeN. The van der Waals surface area contributed by atoms with Crippen LogP contribution >= 0.6 is 0 Å². The van der Waals surface area contributed by atoms with Gasteiger partial charge < -0.3 is 0 Å². The molecule has 176 valence electrons. The summed E-state index contributed by atoms with van der Waals surface area (Å²) < 4.78 is 0. The Balaban J connectivity index is 1.80. The van der Waals surface area contributed by atoms with E-state index in [4.69, 9.17) is 4.98 Å². The van der Waals surface area contributed by atoms with Crippen LogP contribution in [0.2, 0.25) is 17.3 Å². The topological polar surface area (TPSA) is 12.9 Å². The second-order valence-electron chi connectivity index (χ2n) is 13.5. The first-order valence-corrected chi connectivity index (χ1v) is 20.5. The average Bonchev–Trinajstić information content (AvgIpc) is 2.69. The first-order chi connectivity index (χ1) is 15.7. The Labute approximate surface area is 208 Å². The van der Waals surface area contributed by atoms with Gasteiger partial charge in [-0.2, -0.15) is 0 Å². The van der Waals surface area contributed by atoms with E-state index in [1.165, 1.54) is 60.2 Å². The molecule has 1 aromatic heterocycles. The monoisotopic (exact) mass is 511 g/mol. The van der Waals surface area contributed by atoms with Crippen LogP contribution in [0, 0.1) is 12.3 Å². The molecule has 1 heterocycles. The van der Waals surface area contributed by atoms with Crippen LogP contribution in [0.3, 0.4) is 0 Å². The Hall–Kier alpha value is -2.13. The van der Waals surface area contributed by atoms with E-state index in [0.29, 0.717) is 0 Å². The summed E-state index contributed by atoms with van der Waals surface area (Å²) in [6, 6.07) is 16.7. The number of aryl methyl sites for hydroxylation is 1. The molecule has 2 heteroatoms. The fourth-order valence-electron chi connectivity index (χ4n) is 6.26. The van der Waals surface area contributed by atoms with E-state index in [1.807, 2.05) is 6.20 Å². The van der Waals surface area contributed by atoms with Gasteiger partial charge in [-0.05, 0) is 0 Å². The standard InChI is InChI=1S/C32H39GeN/c1-20-25-15-21(19-33(7,8)9)10-11-23(25)17-26-29(20)32(5,6)27-16-22(18-31(2,3)4)14-24-12-13-34-30(26)28(24)27/h10-17H,18-19H2,1-9H3. The molecule has 34 heavy (non-hydrogen) atoms. The van der Waals surface area contributed by atoms with Crippen LogP contribution < -0.4 is 0 Å². The van der Waals surface area contributed by atoms with Gasteiger partial charge in [-0.1, -0.05) is 20.8 Å². The van der Waals surface area contributed by atoms with Crippen LogP contribution in [0.25, 0.3) is 32.8 Å². The molecule has 0 saturated heterocycles. The Morgan fingerprint density at radius 1 is 0.882 bits per heavy atom. The molecule has 0 radical (unpaired) electrons. The number of hydrogen-bond acceptors (Lipinski definition) is 1. The fourth-order valence-corrected chi connectivity index (χ4v) is 9.29. The zero-order chi connectivity index (χ0) is 24.6. The summed E-state index contributed by atoms with van der Waals surface area (Å²) in [7, 11) is 0. The van der Waals surface area contributed by atoms with Crippen molar-refractivity contribution in [3.05, 3.63) is 76.5 Å². The maximum atomic E-state index is 4.97. The molecule has 0 fully saturated rings. The van der Waals surface area contributed by atoms with Crippen molar-refractivity contribution in [1.82, 2.24) is 4.98 Å². The predicted octanol–water partition coefficient (Wildman–Crippen LogP) is 9.01. The SMILES string of the molecule is Cc1c2c(cc3ccc([CH2][Ge]([CH3])([CH3])[CH3])cc13)-c1nccc3cc(CC(C)(C)C)cc(c13)C2(C)C. The van der Waals surface area contributed by atoms with E-state index < -0.39 is 13.3 Å². The fraction of sp³-hybridized carbons (Fsp3) is 0.406. The molecule has 0 atom stereocenters. The molecule has 5 rings (SSSR count). The number of rotatable bonds is 3. The summed E-state index contributed by atoms with van der Waals surface area (Å²) in [6.07, 6.45) is 3.08. The van der Waals surface area contributed by atoms with Gasteiger partial charge in [0, 0.05) is 0 Å². The van der Waals surface area contributed by atoms with Gasteiger partial charge in [0.15, 0.2) is 0 Å². The number of nitrogens with zero attached hydrogens (tertiary/aromatic N) is 1. The van der Waals surface area contributed by atoms with Crippen molar-refractivity contribution in [3.8, 4) is 11.3 Å². The quantitative estimate of drug-likeness (QED) is 0.251. The van der Waals surface area contributed by atoms with Gasteiger partial charge in [0.05, 0.1) is 0 Å². The normalized spacial score (nSPS) is 15.1. The van der Waals surface area contributed by atoms with Crippen molar-refractivity contribution < 1.29 is 0 Å². The zero-order valence-electron chi connectivity index (χ0n) is 22.5. The number of fused-ring (bicyclic) bond motifs is 3. The third-order valence-electron chi connectivity index (χ3n) is 7.41. The van der Waals surface area contributed by atoms with Crippen LogP contribution in [0.4, 0.5) is 0 Å². The minimum absolute atomic E-state index is 0.0758. The van der Waals surface area contributed by atoms with Crippen molar-refractivity contribution >= 4 is 34.8 Å². The molecule has 1 nitrogen and oxygen atoms in total. The Kier molecular flexibility index (Phi) is 5.34. The Morgan fingerprint density at radius 2 is 1.62 bits per heavy atom. The Morgan fingerprint density at radius 3 is 2.29 bits per heavy atom. The molecule has 0 aliphatic heterocycles. The molecule has 0 N–H and O–H groups in total. The van der Waals surface area contributed by atoms with Crippen molar-refractivity contribution in [3.63, 3.8) is 0 Å². The van der Waals surface area contributed by atoms with Crippen molar-refractivity contribution in [1.29, 1.82) is 0 Å². The third-order valence-corrected chi connectivity index (χ3v) is 10.5. The molecule has 1 aliphatic carbocycles. The van der Waals surface area contributed by atoms with Crippen molar-refractivity contribution in [2.24, 2.45) is 5.41 Å². The molecule has 0 bridgehead atoms. The van der Waals surface area contributed by atoms with Gasteiger partial charge in [-0.15, -0.1) is 0 Å². The summed E-state index contributed by atoms with van der Waals surface area (Å²) in [6.45, 7) is 14.2. The summed E-state index contributed by atoms with van der Waals surface area (Å²) >= 11 is -1.68.